The Kier molecular flexibility index (Phi) is 7.47. The number of anilines is 1. The van der Waals surface area contributed by atoms with Crippen LogP contribution in [-0.4, -0.2) is 83.5 Å². The molecule has 2 aliphatic heterocycles. The number of nitrogens with one attached hydrogen (secondary N) is 1. The van der Waals surface area contributed by atoms with Gasteiger partial charge in [-0.3, -0.25) is 10.1 Å². The number of aliphatic hydroxyl groups is 1. The smallest absolute Gasteiger partial charge is 0.376 e. The van der Waals surface area contributed by atoms with Crippen molar-refractivity contribution in [3.05, 3.63) is 53.0 Å². The Labute approximate surface area is 230 Å². The second kappa shape index (κ2) is 9.98. The van der Waals surface area contributed by atoms with Gasteiger partial charge >= 0.3 is 12.2 Å². The Bertz CT molecular complexity index is 1350. The van der Waals surface area contributed by atoms with Crippen LogP contribution in [-0.2, 0) is 20.4 Å². The summed E-state index contributed by atoms with van der Waals surface area (Å²) in [6.07, 6.45) is 0.261. The van der Waals surface area contributed by atoms with E-state index in [-0.39, 0.29) is 41.5 Å². The molecule has 1 aromatic carbocycles. The Morgan fingerprint density at radius 2 is 1.79 bits per heavy atom. The van der Waals surface area contributed by atoms with Gasteiger partial charge in [0.15, 0.2) is 5.60 Å². The fourth-order valence-electron chi connectivity index (χ4n) is 4.79. The minimum atomic E-state index is -4.89. The highest BCUT2D eigenvalue weighted by Gasteiger charge is 2.51. The number of halogens is 3. The Hall–Kier alpha value is -2.81. The summed E-state index contributed by atoms with van der Waals surface area (Å²) in [5.41, 5.74) is -4.14. The number of sulfonamides is 1. The SMILES string of the molecule is CC1(C)C(=O)NC(=O)N1C[C@H]1CN(S(=O)(=O)C2=CC=CCC2=S)CCN1c1ccc([C@](C)(O)C(F)(F)F)cc1. The van der Waals surface area contributed by atoms with E-state index in [0.29, 0.717) is 19.0 Å². The maximum Gasteiger partial charge on any atom is 0.421 e. The van der Waals surface area contributed by atoms with E-state index in [1.165, 1.54) is 27.4 Å². The average molecular weight is 587 g/mol. The van der Waals surface area contributed by atoms with Gasteiger partial charge in [-0.15, -0.1) is 0 Å². The number of carbonyl (C=O) groups excluding carboxylic acids is 2. The van der Waals surface area contributed by atoms with Crippen LogP contribution in [0.4, 0.5) is 23.7 Å². The van der Waals surface area contributed by atoms with Gasteiger partial charge in [-0.25, -0.2) is 13.2 Å². The molecule has 4 rings (SSSR count). The first-order chi connectivity index (χ1) is 18.0. The fourth-order valence-corrected chi connectivity index (χ4v) is 6.86. The first-order valence-electron chi connectivity index (χ1n) is 12.2. The summed E-state index contributed by atoms with van der Waals surface area (Å²) in [6.45, 7) is 3.90. The quantitative estimate of drug-likeness (QED) is 0.390. The monoisotopic (exact) mass is 586 g/mol. The molecule has 0 aromatic heterocycles. The van der Waals surface area contributed by atoms with Gasteiger partial charge in [0.1, 0.15) is 5.54 Å². The largest absolute Gasteiger partial charge is 0.421 e. The Morgan fingerprint density at radius 1 is 1.15 bits per heavy atom. The predicted molar refractivity (Wildman–Crippen MR) is 142 cm³/mol. The number of piperazine rings is 1. The molecule has 39 heavy (non-hydrogen) atoms. The summed E-state index contributed by atoms with van der Waals surface area (Å²) in [5, 5.41) is 12.3. The van der Waals surface area contributed by atoms with Crippen LogP contribution in [0.15, 0.2) is 47.4 Å². The molecule has 2 N–H and O–H groups in total. The number of amides is 3. The molecule has 0 radical (unpaired) electrons. The molecule has 2 atom stereocenters. The normalized spacial score (nSPS) is 24.0. The number of allylic oxidation sites excluding steroid dienone is 4. The third-order valence-electron chi connectivity index (χ3n) is 7.43. The lowest BCUT2D eigenvalue weighted by molar-refractivity contribution is -0.258. The molecule has 14 heteroatoms. The minimum Gasteiger partial charge on any atom is -0.376 e. The van der Waals surface area contributed by atoms with Gasteiger partial charge in [0, 0.05) is 43.2 Å². The highest BCUT2D eigenvalue weighted by atomic mass is 32.2. The predicted octanol–water partition coefficient (Wildman–Crippen LogP) is 2.82. The van der Waals surface area contributed by atoms with Crippen molar-refractivity contribution < 1.29 is 36.3 Å². The zero-order chi connectivity index (χ0) is 29.0. The van der Waals surface area contributed by atoms with Crippen molar-refractivity contribution in [2.45, 2.75) is 50.6 Å². The summed E-state index contributed by atoms with van der Waals surface area (Å²) in [4.78, 5) is 28.4. The minimum absolute atomic E-state index is 0.0281. The molecule has 9 nitrogen and oxygen atoms in total. The van der Waals surface area contributed by atoms with Crippen LogP contribution in [0.25, 0.3) is 0 Å². The molecule has 0 saturated carbocycles. The van der Waals surface area contributed by atoms with Gasteiger partial charge in [0.05, 0.1) is 10.9 Å². The maximum atomic E-state index is 13.5. The number of carbonyl (C=O) groups is 2. The van der Waals surface area contributed by atoms with Gasteiger partial charge in [-0.2, -0.15) is 17.5 Å². The van der Waals surface area contributed by atoms with E-state index in [4.69, 9.17) is 12.2 Å². The molecule has 212 valence electrons. The van der Waals surface area contributed by atoms with Crippen LogP contribution in [0.1, 0.15) is 32.8 Å². The lowest BCUT2D eigenvalue weighted by Crippen LogP contribution is -2.60. The lowest BCUT2D eigenvalue weighted by Gasteiger charge is -2.45. The molecule has 0 bridgehead atoms. The first-order valence-corrected chi connectivity index (χ1v) is 14.0. The van der Waals surface area contributed by atoms with Gasteiger partial charge in [-0.05, 0) is 44.5 Å². The standard InChI is InChI=1S/C25H29F3N4O5S2/c1-23(2)21(33)29-22(34)32(23)15-18-14-30(39(36,37)20-7-5-4-6-19(20)38)12-13-31(18)17-10-8-16(9-11-17)24(3,35)25(26,27)28/h4-5,7-11,18,35H,6,12-15H2,1-3H3,(H,29,33,34)/t18-,24+/m1/s1. The highest BCUT2D eigenvalue weighted by molar-refractivity contribution is 7.96. The van der Waals surface area contributed by atoms with Crippen LogP contribution >= 0.6 is 12.2 Å². The molecule has 0 unspecified atom stereocenters. The highest BCUT2D eigenvalue weighted by Crippen LogP contribution is 2.39. The van der Waals surface area contributed by atoms with Crippen molar-refractivity contribution in [2.24, 2.45) is 0 Å². The van der Waals surface area contributed by atoms with Crippen LogP contribution in [0.5, 0.6) is 0 Å². The third kappa shape index (κ3) is 5.22. The molecule has 3 amide bonds. The molecular formula is C25H29F3N4O5S2. The molecule has 2 fully saturated rings. The Morgan fingerprint density at radius 3 is 2.33 bits per heavy atom. The van der Waals surface area contributed by atoms with E-state index in [1.54, 1.807) is 30.9 Å². The number of imide groups is 1. The van der Waals surface area contributed by atoms with Crippen LogP contribution in [0.3, 0.4) is 0 Å². The van der Waals surface area contributed by atoms with Crippen LogP contribution < -0.4 is 10.2 Å². The van der Waals surface area contributed by atoms with E-state index in [0.717, 1.165) is 12.1 Å². The molecule has 0 spiro atoms. The number of benzene rings is 1. The van der Waals surface area contributed by atoms with Crippen molar-refractivity contribution in [1.29, 1.82) is 0 Å². The van der Waals surface area contributed by atoms with E-state index in [2.05, 4.69) is 5.32 Å². The first kappa shape index (κ1) is 29.2. The van der Waals surface area contributed by atoms with Gasteiger partial charge in [-0.1, -0.05) is 36.5 Å². The number of rotatable bonds is 6. The number of hydrogen-bond acceptors (Lipinski definition) is 7. The van der Waals surface area contributed by atoms with Gasteiger partial charge in [0.2, 0.25) is 10.0 Å². The molecule has 2 heterocycles. The second-order valence-corrected chi connectivity index (χ2v) is 12.7. The number of alkyl halides is 3. The zero-order valence-corrected chi connectivity index (χ0v) is 23.2. The van der Waals surface area contributed by atoms with Crippen molar-refractivity contribution in [3.63, 3.8) is 0 Å². The van der Waals surface area contributed by atoms with Crippen LogP contribution in [0, 0.1) is 0 Å². The molecular weight excluding hydrogens is 557 g/mol. The summed E-state index contributed by atoms with van der Waals surface area (Å²) in [7, 11) is -3.97. The second-order valence-electron chi connectivity index (χ2n) is 10.3. The summed E-state index contributed by atoms with van der Waals surface area (Å²) < 4.78 is 68.3. The summed E-state index contributed by atoms with van der Waals surface area (Å²) in [5.74, 6) is -0.498. The van der Waals surface area contributed by atoms with E-state index in [1.807, 2.05) is 0 Å². The third-order valence-corrected chi connectivity index (χ3v) is 9.89. The number of urea groups is 1. The number of nitrogens with zero attached hydrogens (tertiary/aromatic N) is 3. The summed E-state index contributed by atoms with van der Waals surface area (Å²) >= 11 is 5.28. The molecule has 2 saturated heterocycles. The van der Waals surface area contributed by atoms with E-state index < -0.39 is 45.3 Å². The van der Waals surface area contributed by atoms with Gasteiger partial charge in [0.25, 0.3) is 5.91 Å². The number of thiocarbonyl (C=S) groups is 1. The zero-order valence-electron chi connectivity index (χ0n) is 21.5. The average Bonchev–Trinajstić information content (AvgIpc) is 3.05. The van der Waals surface area contributed by atoms with Crippen molar-refractivity contribution in [3.8, 4) is 0 Å². The van der Waals surface area contributed by atoms with E-state index in [9.17, 15) is 36.3 Å². The van der Waals surface area contributed by atoms with Crippen molar-refractivity contribution in [1.82, 2.24) is 14.5 Å². The van der Waals surface area contributed by atoms with E-state index >= 15 is 0 Å². The van der Waals surface area contributed by atoms with Crippen molar-refractivity contribution in [2.75, 3.05) is 31.1 Å². The maximum absolute atomic E-state index is 13.5. The fraction of sp³-hybridized carbons (Fsp3) is 0.480. The molecule has 1 aromatic rings. The topological polar surface area (TPSA) is 110 Å². The van der Waals surface area contributed by atoms with Gasteiger partial charge < -0.3 is 14.9 Å². The van der Waals surface area contributed by atoms with Crippen LogP contribution in [0.2, 0.25) is 0 Å². The Balaban J connectivity index is 1.67. The number of hydrogen-bond donors (Lipinski definition) is 2. The summed E-state index contributed by atoms with van der Waals surface area (Å²) in [6, 6.07) is 3.87. The molecule has 1 aliphatic carbocycles. The molecule has 3 aliphatic rings. The van der Waals surface area contributed by atoms with Crippen molar-refractivity contribution >= 4 is 44.7 Å². The lowest BCUT2D eigenvalue weighted by atomic mass is 9.95.